The molecule has 0 radical (unpaired) electrons. The second-order valence-corrected chi connectivity index (χ2v) is 8.26. The highest BCUT2D eigenvalue weighted by molar-refractivity contribution is 6.12. The van der Waals surface area contributed by atoms with Crippen molar-refractivity contribution in [1.29, 1.82) is 0 Å². The highest BCUT2D eigenvalue weighted by atomic mass is 16.6. The van der Waals surface area contributed by atoms with Gasteiger partial charge in [-0.25, -0.2) is 9.79 Å². The lowest BCUT2D eigenvalue weighted by atomic mass is 9.87. The molecular formula is C25H29NO3. The number of carbonyl (C=O) groups is 1. The van der Waals surface area contributed by atoms with Gasteiger partial charge in [-0.05, 0) is 41.7 Å². The highest BCUT2D eigenvalue weighted by Gasteiger charge is 2.25. The van der Waals surface area contributed by atoms with E-state index in [2.05, 4.69) is 32.7 Å². The number of rotatable bonds is 7. The van der Waals surface area contributed by atoms with Gasteiger partial charge in [0, 0.05) is 11.1 Å². The van der Waals surface area contributed by atoms with E-state index in [1.54, 1.807) is 6.08 Å². The molecule has 0 aliphatic carbocycles. The number of ether oxygens (including phenoxy) is 2. The Morgan fingerprint density at radius 2 is 1.76 bits per heavy atom. The van der Waals surface area contributed by atoms with Crippen LogP contribution in [0.2, 0.25) is 0 Å². The van der Waals surface area contributed by atoms with Crippen molar-refractivity contribution in [2.45, 2.75) is 52.4 Å². The molecule has 3 rings (SSSR count). The number of hydrogen-bond acceptors (Lipinski definition) is 4. The summed E-state index contributed by atoms with van der Waals surface area (Å²) in [6.45, 7) is 9.32. The Labute approximate surface area is 173 Å². The van der Waals surface area contributed by atoms with E-state index in [1.165, 1.54) is 5.56 Å². The van der Waals surface area contributed by atoms with Gasteiger partial charge in [-0.2, -0.15) is 0 Å². The number of para-hydroxylation sites is 1. The van der Waals surface area contributed by atoms with E-state index in [1.807, 2.05) is 48.5 Å². The van der Waals surface area contributed by atoms with Gasteiger partial charge in [-0.1, -0.05) is 70.9 Å². The number of cyclic esters (lactones) is 1. The van der Waals surface area contributed by atoms with E-state index in [0.717, 1.165) is 36.1 Å². The average molecular weight is 392 g/mol. The van der Waals surface area contributed by atoms with Gasteiger partial charge in [0.1, 0.15) is 5.75 Å². The fraction of sp³-hybridized carbons (Fsp3) is 0.360. The summed E-state index contributed by atoms with van der Waals surface area (Å²) >= 11 is 0. The smallest absolute Gasteiger partial charge is 0.363 e. The molecule has 4 nitrogen and oxygen atoms in total. The number of hydrogen-bond donors (Lipinski definition) is 0. The van der Waals surface area contributed by atoms with Gasteiger partial charge < -0.3 is 9.47 Å². The third kappa shape index (κ3) is 5.35. The maximum absolute atomic E-state index is 12.4. The number of benzene rings is 2. The standard InChI is InChI=1S/C25H29NO3/c1-5-6-9-16-28-22-11-8-7-10-19(22)17-21-24(27)29-23(26-21)18-12-14-20(15-13-18)25(2,3)4/h7-8,10-15,17H,5-6,9,16H2,1-4H3/b21-17+. The van der Waals surface area contributed by atoms with E-state index in [0.29, 0.717) is 12.5 Å². The normalized spacial score (nSPS) is 15.4. The number of nitrogens with zero attached hydrogens (tertiary/aromatic N) is 1. The van der Waals surface area contributed by atoms with Crippen molar-refractivity contribution in [3.05, 3.63) is 70.9 Å². The fourth-order valence-electron chi connectivity index (χ4n) is 3.06. The summed E-state index contributed by atoms with van der Waals surface area (Å²) in [5.41, 5.74) is 3.18. The lowest BCUT2D eigenvalue weighted by Crippen LogP contribution is -2.11. The molecule has 29 heavy (non-hydrogen) atoms. The van der Waals surface area contributed by atoms with Crippen molar-refractivity contribution in [3.8, 4) is 5.75 Å². The molecule has 0 N–H and O–H groups in total. The van der Waals surface area contributed by atoms with Gasteiger partial charge in [-0.15, -0.1) is 0 Å². The molecule has 0 amide bonds. The highest BCUT2D eigenvalue weighted by Crippen LogP contribution is 2.26. The zero-order chi connectivity index (χ0) is 20.9. The van der Waals surface area contributed by atoms with Crippen LogP contribution in [0.4, 0.5) is 0 Å². The SMILES string of the molecule is CCCCCOc1ccccc1/C=C1/N=C(c2ccc(C(C)(C)C)cc2)OC1=O. The molecule has 1 aliphatic heterocycles. The first-order chi connectivity index (χ1) is 13.9. The van der Waals surface area contributed by atoms with Crippen LogP contribution in [0, 0.1) is 0 Å². The van der Waals surface area contributed by atoms with Gasteiger partial charge in [0.25, 0.3) is 0 Å². The maximum Gasteiger partial charge on any atom is 0.363 e. The number of carbonyl (C=O) groups excluding carboxylic acids is 1. The van der Waals surface area contributed by atoms with E-state index in [4.69, 9.17) is 9.47 Å². The number of aliphatic imine (C=N–C) groups is 1. The summed E-state index contributed by atoms with van der Waals surface area (Å²) < 4.78 is 11.3. The van der Waals surface area contributed by atoms with Gasteiger partial charge in [-0.3, -0.25) is 0 Å². The molecule has 0 saturated heterocycles. The van der Waals surface area contributed by atoms with Crippen LogP contribution in [-0.2, 0) is 14.9 Å². The van der Waals surface area contributed by atoms with Crippen LogP contribution in [0.15, 0.2) is 59.2 Å². The minimum absolute atomic E-state index is 0.0680. The Morgan fingerprint density at radius 3 is 2.45 bits per heavy atom. The molecule has 0 fully saturated rings. The summed E-state index contributed by atoms with van der Waals surface area (Å²) in [6, 6.07) is 15.7. The van der Waals surface area contributed by atoms with E-state index in [9.17, 15) is 4.79 Å². The minimum atomic E-state index is -0.444. The molecule has 0 saturated carbocycles. The first-order valence-electron chi connectivity index (χ1n) is 10.2. The summed E-state index contributed by atoms with van der Waals surface area (Å²) in [5, 5.41) is 0. The largest absolute Gasteiger partial charge is 0.493 e. The van der Waals surface area contributed by atoms with Crippen LogP contribution in [-0.4, -0.2) is 18.5 Å². The Balaban J connectivity index is 1.80. The molecule has 1 heterocycles. The van der Waals surface area contributed by atoms with Crippen LogP contribution in [0.3, 0.4) is 0 Å². The summed E-state index contributed by atoms with van der Waals surface area (Å²) in [5.74, 6) is 0.644. The van der Waals surface area contributed by atoms with Gasteiger partial charge in [0.15, 0.2) is 5.70 Å². The predicted molar refractivity (Wildman–Crippen MR) is 117 cm³/mol. The zero-order valence-corrected chi connectivity index (χ0v) is 17.7. The molecule has 1 aliphatic rings. The monoisotopic (exact) mass is 391 g/mol. The number of esters is 1. The Bertz CT molecular complexity index is 918. The van der Waals surface area contributed by atoms with Crippen molar-refractivity contribution in [2.24, 2.45) is 4.99 Å². The molecule has 0 bridgehead atoms. The van der Waals surface area contributed by atoms with Crippen LogP contribution < -0.4 is 4.74 Å². The minimum Gasteiger partial charge on any atom is -0.493 e. The van der Waals surface area contributed by atoms with E-state index in [-0.39, 0.29) is 11.1 Å². The van der Waals surface area contributed by atoms with Crippen molar-refractivity contribution >= 4 is 17.9 Å². The zero-order valence-electron chi connectivity index (χ0n) is 17.7. The van der Waals surface area contributed by atoms with Crippen LogP contribution in [0.5, 0.6) is 5.75 Å². The maximum atomic E-state index is 12.4. The topological polar surface area (TPSA) is 47.9 Å². The Kier molecular flexibility index (Phi) is 6.53. The Morgan fingerprint density at radius 1 is 1.03 bits per heavy atom. The van der Waals surface area contributed by atoms with Crippen LogP contribution >= 0.6 is 0 Å². The molecule has 0 spiro atoms. The van der Waals surface area contributed by atoms with Gasteiger partial charge >= 0.3 is 5.97 Å². The molecule has 2 aromatic rings. The van der Waals surface area contributed by atoms with Gasteiger partial charge in [0.2, 0.25) is 5.90 Å². The first kappa shape index (κ1) is 20.8. The number of unbranched alkanes of at least 4 members (excludes halogenated alkanes) is 2. The fourth-order valence-corrected chi connectivity index (χ4v) is 3.06. The second kappa shape index (κ2) is 9.08. The Hall–Kier alpha value is -2.88. The predicted octanol–water partition coefficient (Wildman–Crippen LogP) is 5.90. The van der Waals surface area contributed by atoms with Crippen molar-refractivity contribution in [3.63, 3.8) is 0 Å². The average Bonchev–Trinajstić information content (AvgIpc) is 3.06. The second-order valence-electron chi connectivity index (χ2n) is 8.26. The summed E-state index contributed by atoms with van der Waals surface area (Å²) in [7, 11) is 0. The summed E-state index contributed by atoms with van der Waals surface area (Å²) in [6.07, 6.45) is 5.02. The van der Waals surface area contributed by atoms with Crippen molar-refractivity contribution in [1.82, 2.24) is 0 Å². The van der Waals surface area contributed by atoms with Crippen LogP contribution in [0.1, 0.15) is 63.6 Å². The third-order valence-electron chi connectivity index (χ3n) is 4.84. The lowest BCUT2D eigenvalue weighted by Gasteiger charge is -2.18. The van der Waals surface area contributed by atoms with Crippen molar-refractivity contribution in [2.75, 3.05) is 6.61 Å². The molecule has 0 unspecified atom stereocenters. The first-order valence-corrected chi connectivity index (χ1v) is 10.2. The molecule has 0 atom stereocenters. The van der Waals surface area contributed by atoms with E-state index >= 15 is 0 Å². The lowest BCUT2D eigenvalue weighted by molar-refractivity contribution is -0.129. The van der Waals surface area contributed by atoms with Crippen molar-refractivity contribution < 1.29 is 14.3 Å². The molecule has 4 heteroatoms. The molecular weight excluding hydrogens is 362 g/mol. The van der Waals surface area contributed by atoms with Crippen LogP contribution in [0.25, 0.3) is 6.08 Å². The summed E-state index contributed by atoms with van der Waals surface area (Å²) in [4.78, 5) is 16.8. The third-order valence-corrected chi connectivity index (χ3v) is 4.84. The molecule has 2 aromatic carbocycles. The molecule has 0 aromatic heterocycles. The quantitative estimate of drug-likeness (QED) is 0.335. The molecule has 152 valence electrons. The van der Waals surface area contributed by atoms with Gasteiger partial charge in [0.05, 0.1) is 6.61 Å². The van der Waals surface area contributed by atoms with E-state index < -0.39 is 5.97 Å².